The van der Waals surface area contributed by atoms with E-state index in [1.807, 2.05) is 11.0 Å². The number of anilines is 2. The maximum Gasteiger partial charge on any atom is 0.419 e. The third-order valence-electron chi connectivity index (χ3n) is 6.08. The summed E-state index contributed by atoms with van der Waals surface area (Å²) in [7, 11) is 0. The fourth-order valence-electron chi connectivity index (χ4n) is 4.47. The van der Waals surface area contributed by atoms with E-state index >= 15 is 0 Å². The van der Waals surface area contributed by atoms with Gasteiger partial charge in [0, 0.05) is 12.5 Å². The lowest BCUT2D eigenvalue weighted by molar-refractivity contribution is -0.143. The Morgan fingerprint density at radius 2 is 1.95 bits per heavy atom. The molecule has 16 heteroatoms. The molecule has 198 valence electrons. The van der Waals surface area contributed by atoms with E-state index in [1.54, 1.807) is 13.8 Å². The van der Waals surface area contributed by atoms with E-state index in [0.29, 0.717) is 35.2 Å². The number of nitrogens with zero attached hydrogens (tertiary/aromatic N) is 6. The highest BCUT2D eigenvalue weighted by Gasteiger charge is 2.58. The molecule has 2 aliphatic rings. The molecule has 0 radical (unpaired) electrons. The first-order chi connectivity index (χ1) is 17.3. The number of fused-ring (bicyclic) bond motifs is 1. The number of aromatic nitrogens is 5. The number of alkyl halides is 6. The summed E-state index contributed by atoms with van der Waals surface area (Å²) >= 11 is 0. The highest BCUT2D eigenvalue weighted by Crippen LogP contribution is 2.49. The summed E-state index contributed by atoms with van der Waals surface area (Å²) in [6.07, 6.45) is -7.92. The topological polar surface area (TPSA) is 94.1 Å². The molecule has 1 N–H and O–H groups in total. The molecule has 5 rings (SSSR count). The van der Waals surface area contributed by atoms with Gasteiger partial charge in [-0.15, -0.1) is 5.10 Å². The van der Waals surface area contributed by atoms with E-state index in [1.165, 1.54) is 0 Å². The van der Waals surface area contributed by atoms with E-state index in [2.05, 4.69) is 25.5 Å². The summed E-state index contributed by atoms with van der Waals surface area (Å²) in [5.41, 5.74) is -0.732. The smallest absolute Gasteiger partial charge is 0.419 e. The first-order valence-corrected chi connectivity index (χ1v) is 10.9. The molecule has 0 amide bonds. The summed E-state index contributed by atoms with van der Waals surface area (Å²) in [6, 6.07) is 0.975. The highest BCUT2D eigenvalue weighted by atomic mass is 19.4. The first-order valence-electron chi connectivity index (χ1n) is 10.9. The zero-order valence-corrected chi connectivity index (χ0v) is 19.1. The second-order valence-electron chi connectivity index (χ2n) is 8.53. The molecule has 3 aromatic rings. The molecule has 0 spiro atoms. The number of hydrogen-bond donors (Lipinski definition) is 1. The van der Waals surface area contributed by atoms with Crippen LogP contribution in [0.15, 0.2) is 34.4 Å². The maximum absolute atomic E-state index is 13.6. The molecule has 3 atom stereocenters. The van der Waals surface area contributed by atoms with Crippen molar-refractivity contribution < 1.29 is 40.0 Å². The molecule has 0 bridgehead atoms. The molecule has 37 heavy (non-hydrogen) atoms. The van der Waals surface area contributed by atoms with Crippen molar-refractivity contribution in [1.82, 2.24) is 24.9 Å². The van der Waals surface area contributed by atoms with E-state index < -0.39 is 42.0 Å². The number of rotatable bonds is 6. The summed E-state index contributed by atoms with van der Waals surface area (Å²) in [6.45, 7) is 2.41. The highest BCUT2D eigenvalue weighted by molar-refractivity contribution is 5.55. The van der Waals surface area contributed by atoms with Crippen molar-refractivity contribution in [3.63, 3.8) is 0 Å². The Bertz CT molecular complexity index is 1350. The van der Waals surface area contributed by atoms with Crippen LogP contribution < -0.4 is 15.0 Å². The molecule has 9 nitrogen and oxygen atoms in total. The maximum atomic E-state index is 13.6. The van der Waals surface area contributed by atoms with E-state index in [0.717, 1.165) is 11.6 Å². The SMILES string of the molecule is C/C=C1/C(Nc2nc(Oc3ccc(F)c(C(F)(F)F)c3)n(CC(F)(F)F)n2)C2CN(c3nc(C)no3)C12. The summed E-state index contributed by atoms with van der Waals surface area (Å²) < 4.78 is 103. The van der Waals surface area contributed by atoms with Gasteiger partial charge in [0.05, 0.1) is 17.6 Å². The Kier molecular flexibility index (Phi) is 5.79. The van der Waals surface area contributed by atoms with Gasteiger partial charge in [0.2, 0.25) is 5.95 Å². The van der Waals surface area contributed by atoms with Gasteiger partial charge < -0.3 is 19.5 Å². The normalized spacial score (nSPS) is 22.5. The Balaban J connectivity index is 1.36. The Morgan fingerprint density at radius 3 is 2.57 bits per heavy atom. The zero-order chi connectivity index (χ0) is 26.7. The van der Waals surface area contributed by atoms with Crippen molar-refractivity contribution in [2.45, 2.75) is 44.8 Å². The molecule has 2 aromatic heterocycles. The fraction of sp³-hybridized carbons (Fsp3) is 0.429. The number of allylic oxidation sites excluding steroid dienone is 1. The first kappa shape index (κ1) is 24.8. The molecule has 2 fully saturated rings. The van der Waals surface area contributed by atoms with E-state index in [-0.39, 0.29) is 23.9 Å². The molecule has 1 aliphatic carbocycles. The third kappa shape index (κ3) is 4.67. The van der Waals surface area contributed by atoms with Crippen LogP contribution in [0.25, 0.3) is 0 Å². The quantitative estimate of drug-likeness (QED) is 0.359. The summed E-state index contributed by atoms with van der Waals surface area (Å²) in [4.78, 5) is 10.0. The van der Waals surface area contributed by atoms with Crippen molar-refractivity contribution >= 4 is 12.0 Å². The zero-order valence-electron chi connectivity index (χ0n) is 19.1. The van der Waals surface area contributed by atoms with Crippen molar-refractivity contribution in [3.8, 4) is 11.8 Å². The minimum atomic E-state index is -5.03. The van der Waals surface area contributed by atoms with Crippen LogP contribution in [0.5, 0.6) is 11.8 Å². The molecular formula is C21H18F7N7O2. The van der Waals surface area contributed by atoms with Crippen LogP contribution in [0.3, 0.4) is 0 Å². The van der Waals surface area contributed by atoms with Crippen LogP contribution in [-0.4, -0.2) is 49.7 Å². The van der Waals surface area contributed by atoms with E-state index in [4.69, 9.17) is 9.26 Å². The number of hydrogen-bond acceptors (Lipinski definition) is 8. The van der Waals surface area contributed by atoms with Gasteiger partial charge in [-0.25, -0.2) is 9.07 Å². The van der Waals surface area contributed by atoms with Crippen LogP contribution in [0.1, 0.15) is 18.3 Å². The van der Waals surface area contributed by atoms with Gasteiger partial charge in [0.25, 0.3) is 0 Å². The molecule has 3 heterocycles. The van der Waals surface area contributed by atoms with Gasteiger partial charge in [-0.2, -0.15) is 36.3 Å². The Morgan fingerprint density at radius 1 is 1.19 bits per heavy atom. The van der Waals surface area contributed by atoms with Crippen molar-refractivity contribution in [2.75, 3.05) is 16.8 Å². The van der Waals surface area contributed by atoms with Gasteiger partial charge in [0.1, 0.15) is 18.1 Å². The number of halogens is 7. The lowest BCUT2D eigenvalue weighted by Crippen LogP contribution is -2.73. The van der Waals surface area contributed by atoms with Gasteiger partial charge in [-0.1, -0.05) is 11.2 Å². The fourth-order valence-corrected chi connectivity index (χ4v) is 4.47. The van der Waals surface area contributed by atoms with Crippen LogP contribution in [0.2, 0.25) is 0 Å². The number of piperidine rings is 1. The predicted molar refractivity (Wildman–Crippen MR) is 112 cm³/mol. The number of ether oxygens (including phenoxy) is 1. The third-order valence-corrected chi connectivity index (χ3v) is 6.08. The molecule has 3 unspecified atom stereocenters. The average Bonchev–Trinajstić information content (AvgIpc) is 3.35. The van der Waals surface area contributed by atoms with Crippen LogP contribution in [0, 0.1) is 18.7 Å². The van der Waals surface area contributed by atoms with Crippen LogP contribution >= 0.6 is 0 Å². The van der Waals surface area contributed by atoms with Crippen molar-refractivity contribution in [2.24, 2.45) is 5.92 Å². The summed E-state index contributed by atoms with van der Waals surface area (Å²) in [5.74, 6) is -1.80. The molecule has 1 aliphatic heterocycles. The van der Waals surface area contributed by atoms with Gasteiger partial charge in [-0.05, 0) is 37.6 Å². The van der Waals surface area contributed by atoms with Crippen LogP contribution in [-0.2, 0) is 12.7 Å². The van der Waals surface area contributed by atoms with Gasteiger partial charge >= 0.3 is 24.4 Å². The molecular weight excluding hydrogens is 515 g/mol. The Hall–Kier alpha value is -3.85. The predicted octanol–water partition coefficient (Wildman–Crippen LogP) is 4.73. The number of aryl methyl sites for hydroxylation is 1. The lowest BCUT2D eigenvalue weighted by atomic mass is 9.63. The summed E-state index contributed by atoms with van der Waals surface area (Å²) in [5, 5.41) is 10.5. The molecule has 1 saturated carbocycles. The van der Waals surface area contributed by atoms with E-state index in [9.17, 15) is 30.7 Å². The van der Waals surface area contributed by atoms with Crippen LogP contribution in [0.4, 0.5) is 42.7 Å². The lowest BCUT2D eigenvalue weighted by Gasteiger charge is -2.60. The number of nitrogens with one attached hydrogen (secondary N) is 1. The Labute approximate surface area is 203 Å². The second kappa shape index (κ2) is 8.62. The minimum Gasteiger partial charge on any atom is -0.424 e. The minimum absolute atomic E-state index is 0.0452. The largest absolute Gasteiger partial charge is 0.424 e. The monoisotopic (exact) mass is 533 g/mol. The van der Waals surface area contributed by atoms with Gasteiger partial charge in [0.15, 0.2) is 5.82 Å². The average molecular weight is 533 g/mol. The van der Waals surface area contributed by atoms with Gasteiger partial charge in [-0.3, -0.25) is 0 Å². The van der Waals surface area contributed by atoms with Crippen molar-refractivity contribution in [1.29, 1.82) is 0 Å². The second-order valence-corrected chi connectivity index (χ2v) is 8.53. The standard InChI is InChI=1S/C21H18F7N7O2/c1-3-11-15(12-7-34(16(11)12)18-29-9(2)33-37-18)30-17-31-19(35(32-17)8-20(23,24)25)36-10-4-5-14(22)13(6-10)21(26,27)28/h3-6,12,15-16H,7-8H2,1-2H3,(H,30,32)/b11-3-. The van der Waals surface area contributed by atoms with Crippen molar-refractivity contribution in [3.05, 3.63) is 47.1 Å². The molecule has 1 aromatic carbocycles. The number of benzene rings is 1. The molecule has 1 saturated heterocycles.